The van der Waals surface area contributed by atoms with Crippen molar-refractivity contribution in [3.05, 3.63) is 70.5 Å². The highest BCUT2D eigenvalue weighted by molar-refractivity contribution is 7.13. The van der Waals surface area contributed by atoms with Crippen LogP contribution in [0.5, 0.6) is 0 Å². The normalized spacial score (nSPS) is 12.6. The molecule has 0 saturated carbocycles. The van der Waals surface area contributed by atoms with Gasteiger partial charge in [-0.05, 0) is 29.1 Å². The highest BCUT2D eigenvalue weighted by atomic mass is 32.1. The van der Waals surface area contributed by atoms with Crippen LogP contribution in [-0.2, 0) is 6.42 Å². The lowest BCUT2D eigenvalue weighted by Gasteiger charge is -2.11. The van der Waals surface area contributed by atoms with Gasteiger partial charge in [-0.1, -0.05) is 18.2 Å². The summed E-state index contributed by atoms with van der Waals surface area (Å²) in [5.74, 6) is 0.714. The van der Waals surface area contributed by atoms with Gasteiger partial charge in [0.15, 0.2) is 17.2 Å². The number of nitrogens with one attached hydrogen (secondary N) is 1. The summed E-state index contributed by atoms with van der Waals surface area (Å²) in [6.45, 7) is 0. The molecule has 0 bridgehead atoms. The van der Waals surface area contributed by atoms with Crippen molar-refractivity contribution in [2.45, 2.75) is 6.42 Å². The zero-order valence-electron chi connectivity index (χ0n) is 12.5. The lowest BCUT2D eigenvalue weighted by Crippen LogP contribution is -2.99. The van der Waals surface area contributed by atoms with E-state index in [1.54, 1.807) is 40.1 Å². The fourth-order valence-corrected chi connectivity index (χ4v) is 3.14. The smallest absolute Gasteiger partial charge is 0.177 e. The molecule has 0 spiro atoms. The molecule has 0 radical (unpaired) electrons. The second-order valence-corrected chi connectivity index (χ2v) is 6.21. The standard InChI is InChI=1S/C16H13N5O2S/c22-21(23)12-5-3-11(4-6-12)10-16-18-17-15-8-7-13(19-20(15)16)14-2-1-9-24-14/h1-9,21-22H,10H2. The molecule has 1 atom stereocenters. The molecule has 4 aromatic rings. The van der Waals surface area contributed by atoms with Crippen LogP contribution < -0.4 is 5.23 Å². The molecule has 24 heavy (non-hydrogen) atoms. The average molecular weight is 339 g/mol. The first-order valence-electron chi connectivity index (χ1n) is 7.28. The number of thiophene rings is 1. The zero-order chi connectivity index (χ0) is 16.5. The minimum absolute atomic E-state index is 0.267. The fraction of sp³-hybridized carbons (Fsp3) is 0.0625. The average Bonchev–Trinajstić information content (AvgIpc) is 3.25. The van der Waals surface area contributed by atoms with E-state index in [1.165, 1.54) is 0 Å². The summed E-state index contributed by atoms with van der Waals surface area (Å²) in [5, 5.41) is 33.9. The van der Waals surface area contributed by atoms with Gasteiger partial charge in [0.2, 0.25) is 0 Å². The molecule has 0 fully saturated rings. The van der Waals surface area contributed by atoms with Gasteiger partial charge in [-0.3, -0.25) is 0 Å². The predicted octanol–water partition coefficient (Wildman–Crippen LogP) is 1.85. The second kappa shape index (κ2) is 6.10. The molecule has 3 aromatic heterocycles. The molecular formula is C16H13N5O2S. The van der Waals surface area contributed by atoms with Gasteiger partial charge in [0.05, 0.1) is 4.88 Å². The molecule has 0 aliphatic rings. The Morgan fingerprint density at radius 3 is 2.62 bits per heavy atom. The van der Waals surface area contributed by atoms with E-state index < -0.39 is 5.23 Å². The minimum Gasteiger partial charge on any atom is -0.595 e. The van der Waals surface area contributed by atoms with E-state index in [0.29, 0.717) is 17.9 Å². The second-order valence-electron chi connectivity index (χ2n) is 5.26. The van der Waals surface area contributed by atoms with Crippen molar-refractivity contribution in [3.63, 3.8) is 0 Å². The molecule has 0 amide bonds. The van der Waals surface area contributed by atoms with Crippen molar-refractivity contribution in [3.8, 4) is 10.6 Å². The summed E-state index contributed by atoms with van der Waals surface area (Å²) in [6.07, 6.45) is 0.530. The lowest BCUT2D eigenvalue weighted by molar-refractivity contribution is -0.991. The quantitative estimate of drug-likeness (QED) is 0.554. The Hall–Kier alpha value is -2.65. The number of hydrogen-bond donors (Lipinski definition) is 2. The van der Waals surface area contributed by atoms with E-state index in [9.17, 15) is 5.21 Å². The van der Waals surface area contributed by atoms with Crippen LogP contribution in [0, 0.1) is 5.21 Å². The van der Waals surface area contributed by atoms with Gasteiger partial charge in [-0.2, -0.15) is 14.8 Å². The van der Waals surface area contributed by atoms with Crippen LogP contribution in [0.1, 0.15) is 11.4 Å². The number of nitrogens with zero attached hydrogens (tertiary/aromatic N) is 4. The fourth-order valence-electron chi connectivity index (χ4n) is 2.45. The molecule has 8 heteroatoms. The van der Waals surface area contributed by atoms with Crippen molar-refractivity contribution in [1.82, 2.24) is 19.8 Å². The number of quaternary nitrogens is 1. The van der Waals surface area contributed by atoms with Crippen LogP contribution in [0.25, 0.3) is 16.2 Å². The van der Waals surface area contributed by atoms with Crippen LogP contribution in [0.15, 0.2) is 53.9 Å². The molecule has 0 aliphatic heterocycles. The van der Waals surface area contributed by atoms with Crippen molar-refractivity contribution >= 4 is 22.7 Å². The molecule has 1 aromatic carbocycles. The lowest BCUT2D eigenvalue weighted by atomic mass is 10.1. The van der Waals surface area contributed by atoms with Gasteiger partial charge in [0.25, 0.3) is 0 Å². The number of hydrogen-bond acceptors (Lipinski definition) is 6. The van der Waals surface area contributed by atoms with E-state index >= 15 is 0 Å². The van der Waals surface area contributed by atoms with Gasteiger partial charge in [0.1, 0.15) is 5.69 Å². The highest BCUT2D eigenvalue weighted by Gasteiger charge is 2.10. The van der Waals surface area contributed by atoms with Gasteiger partial charge < -0.3 is 5.21 Å². The van der Waals surface area contributed by atoms with E-state index in [2.05, 4.69) is 15.3 Å². The molecule has 1 unspecified atom stereocenters. The number of benzene rings is 1. The third-order valence-electron chi connectivity index (χ3n) is 3.66. The van der Waals surface area contributed by atoms with Gasteiger partial charge in [-0.25, -0.2) is 5.21 Å². The Balaban J connectivity index is 1.67. The molecule has 2 N–H and O–H groups in total. The summed E-state index contributed by atoms with van der Waals surface area (Å²) in [5.41, 5.74) is 2.79. The number of aromatic nitrogens is 4. The van der Waals surface area contributed by atoms with Crippen LogP contribution in [0.4, 0.5) is 5.69 Å². The predicted molar refractivity (Wildman–Crippen MR) is 89.1 cm³/mol. The Labute approximate surface area is 141 Å². The SMILES string of the molecule is [O-][NH+](O)c1ccc(Cc2nnc3ccc(-c4cccs4)nn23)cc1. The molecule has 0 saturated heterocycles. The highest BCUT2D eigenvalue weighted by Crippen LogP contribution is 2.22. The molecule has 4 rings (SSSR count). The van der Waals surface area contributed by atoms with Crippen molar-refractivity contribution in [2.24, 2.45) is 0 Å². The van der Waals surface area contributed by atoms with Crippen LogP contribution in [-0.4, -0.2) is 25.0 Å². The van der Waals surface area contributed by atoms with Crippen LogP contribution >= 0.6 is 11.3 Å². The molecule has 120 valence electrons. The summed E-state index contributed by atoms with van der Waals surface area (Å²) in [6, 6.07) is 14.6. The Kier molecular flexibility index (Phi) is 3.79. The molecular weight excluding hydrogens is 326 g/mol. The van der Waals surface area contributed by atoms with E-state index in [0.717, 1.165) is 16.1 Å². The van der Waals surface area contributed by atoms with Crippen molar-refractivity contribution < 1.29 is 10.4 Å². The van der Waals surface area contributed by atoms with Gasteiger partial charge >= 0.3 is 0 Å². The van der Waals surface area contributed by atoms with E-state index in [1.807, 2.05) is 29.6 Å². The molecule has 3 heterocycles. The summed E-state index contributed by atoms with van der Waals surface area (Å²) in [4.78, 5) is 1.09. The van der Waals surface area contributed by atoms with Crippen molar-refractivity contribution in [2.75, 3.05) is 0 Å². The van der Waals surface area contributed by atoms with Crippen LogP contribution in [0.3, 0.4) is 0 Å². The maximum Gasteiger partial charge on any atom is 0.177 e. The van der Waals surface area contributed by atoms with Gasteiger partial charge in [-0.15, -0.1) is 21.5 Å². The monoisotopic (exact) mass is 339 g/mol. The molecule has 0 aliphatic carbocycles. The summed E-state index contributed by atoms with van der Waals surface area (Å²) in [7, 11) is 0. The summed E-state index contributed by atoms with van der Waals surface area (Å²) >= 11 is 1.63. The van der Waals surface area contributed by atoms with Crippen LogP contribution in [0.2, 0.25) is 0 Å². The number of rotatable bonds is 4. The summed E-state index contributed by atoms with van der Waals surface area (Å²) < 4.78 is 1.74. The van der Waals surface area contributed by atoms with E-state index in [4.69, 9.17) is 5.21 Å². The minimum atomic E-state index is -0.934. The van der Waals surface area contributed by atoms with E-state index in [-0.39, 0.29) is 5.69 Å². The first kappa shape index (κ1) is 14.9. The maximum atomic E-state index is 10.9. The van der Waals surface area contributed by atoms with Gasteiger partial charge in [0, 0.05) is 18.6 Å². The Bertz CT molecular complexity index is 964. The third-order valence-corrected chi connectivity index (χ3v) is 4.56. The first-order valence-corrected chi connectivity index (χ1v) is 8.16. The zero-order valence-corrected chi connectivity index (χ0v) is 13.3. The third kappa shape index (κ3) is 2.79. The molecule has 7 nitrogen and oxygen atoms in total. The topological polar surface area (TPSA) is 90.8 Å². The largest absolute Gasteiger partial charge is 0.595 e. The Morgan fingerprint density at radius 1 is 1.08 bits per heavy atom. The Morgan fingerprint density at radius 2 is 1.92 bits per heavy atom. The van der Waals surface area contributed by atoms with Crippen molar-refractivity contribution in [1.29, 1.82) is 0 Å². The first-order chi connectivity index (χ1) is 11.7. The number of fused-ring (bicyclic) bond motifs is 1. The maximum absolute atomic E-state index is 10.9.